The maximum atomic E-state index is 12.0. The first-order valence-electron chi connectivity index (χ1n) is 8.52. The summed E-state index contributed by atoms with van der Waals surface area (Å²) in [6, 6.07) is 7.14. The second kappa shape index (κ2) is 10.9. The van der Waals surface area contributed by atoms with Crippen molar-refractivity contribution in [3.05, 3.63) is 56.2 Å². The molecule has 0 spiro atoms. The molecule has 0 radical (unpaired) electrons. The number of thiophene rings is 1. The van der Waals surface area contributed by atoms with Crippen LogP contribution in [-0.4, -0.2) is 28.6 Å². The van der Waals surface area contributed by atoms with Crippen molar-refractivity contribution in [2.24, 2.45) is 0 Å². The number of amides is 2. The van der Waals surface area contributed by atoms with Gasteiger partial charge in [0.15, 0.2) is 4.34 Å². The molecule has 3 rings (SSSR count). The number of hydrogen-bond donors (Lipinski definition) is 2. The van der Waals surface area contributed by atoms with Gasteiger partial charge in [0.25, 0.3) is 5.91 Å². The summed E-state index contributed by atoms with van der Waals surface area (Å²) >= 11 is 16.5. The Balaban J connectivity index is 1.39. The topological polar surface area (TPSA) is 84.0 Å². The first-order chi connectivity index (χ1) is 14.0. The Labute approximate surface area is 190 Å². The molecule has 29 heavy (non-hydrogen) atoms. The average molecular weight is 487 g/mol. The van der Waals surface area contributed by atoms with E-state index in [2.05, 4.69) is 20.8 Å². The van der Waals surface area contributed by atoms with Crippen molar-refractivity contribution in [2.45, 2.75) is 22.9 Å². The zero-order valence-electron chi connectivity index (χ0n) is 15.0. The van der Waals surface area contributed by atoms with Crippen molar-refractivity contribution in [1.29, 1.82) is 0 Å². The number of anilines is 1. The summed E-state index contributed by atoms with van der Waals surface area (Å²) in [5, 5.41) is 18.8. The van der Waals surface area contributed by atoms with Crippen LogP contribution in [0.5, 0.6) is 0 Å². The van der Waals surface area contributed by atoms with Gasteiger partial charge in [0.1, 0.15) is 0 Å². The molecule has 0 saturated heterocycles. The van der Waals surface area contributed by atoms with Crippen LogP contribution in [-0.2, 0) is 10.5 Å². The molecule has 0 fully saturated rings. The molecule has 1 aromatic carbocycles. The van der Waals surface area contributed by atoms with E-state index in [-0.39, 0.29) is 18.2 Å². The molecule has 11 heteroatoms. The molecule has 2 N–H and O–H groups in total. The highest BCUT2D eigenvalue weighted by molar-refractivity contribution is 8.00. The van der Waals surface area contributed by atoms with Gasteiger partial charge < -0.3 is 10.6 Å². The van der Waals surface area contributed by atoms with Crippen LogP contribution in [0.3, 0.4) is 0 Å². The van der Waals surface area contributed by atoms with Gasteiger partial charge in [0.2, 0.25) is 11.0 Å². The Hall–Kier alpha value is -1.65. The minimum atomic E-state index is -0.170. The van der Waals surface area contributed by atoms with Gasteiger partial charge in [-0.2, -0.15) is 11.3 Å². The fourth-order valence-corrected chi connectivity index (χ4v) is 5.40. The maximum absolute atomic E-state index is 12.0. The molecule has 0 atom stereocenters. The van der Waals surface area contributed by atoms with Gasteiger partial charge in [0.05, 0.1) is 0 Å². The lowest BCUT2D eigenvalue weighted by atomic mass is 10.2. The number of aromatic nitrogens is 2. The molecule has 6 nitrogen and oxygen atoms in total. The molecule has 2 amide bonds. The first kappa shape index (κ1) is 22.0. The number of carbonyl (C=O) groups excluding carboxylic acids is 2. The van der Waals surface area contributed by atoms with Crippen LogP contribution in [0.25, 0.3) is 0 Å². The van der Waals surface area contributed by atoms with E-state index < -0.39 is 0 Å². The Morgan fingerprint density at radius 2 is 1.93 bits per heavy atom. The van der Waals surface area contributed by atoms with Crippen LogP contribution in [0.4, 0.5) is 5.13 Å². The van der Waals surface area contributed by atoms with Gasteiger partial charge in [0, 0.05) is 39.7 Å². The van der Waals surface area contributed by atoms with E-state index in [0.29, 0.717) is 43.8 Å². The zero-order valence-corrected chi connectivity index (χ0v) is 18.9. The summed E-state index contributed by atoms with van der Waals surface area (Å²) in [4.78, 5) is 23.8. The number of benzene rings is 1. The second-order valence-corrected chi connectivity index (χ2v) is 9.58. The summed E-state index contributed by atoms with van der Waals surface area (Å²) in [6.07, 6.45) is 0.814. The maximum Gasteiger partial charge on any atom is 0.252 e. The van der Waals surface area contributed by atoms with E-state index in [0.717, 1.165) is 5.56 Å². The van der Waals surface area contributed by atoms with Gasteiger partial charge in [-0.1, -0.05) is 52.4 Å². The Bertz CT molecular complexity index is 959. The van der Waals surface area contributed by atoms with Crippen LogP contribution < -0.4 is 10.6 Å². The molecule has 0 aliphatic carbocycles. The van der Waals surface area contributed by atoms with Crippen LogP contribution in [0.2, 0.25) is 10.0 Å². The highest BCUT2D eigenvalue weighted by Gasteiger charge is 2.12. The van der Waals surface area contributed by atoms with Crippen LogP contribution >= 0.6 is 57.6 Å². The smallest absolute Gasteiger partial charge is 0.252 e. The number of rotatable bonds is 9. The third kappa shape index (κ3) is 6.68. The molecular weight excluding hydrogens is 471 g/mol. The van der Waals surface area contributed by atoms with Crippen molar-refractivity contribution in [3.63, 3.8) is 0 Å². The second-order valence-electron chi connectivity index (χ2n) is 5.78. The summed E-state index contributed by atoms with van der Waals surface area (Å²) < 4.78 is 0.708. The van der Waals surface area contributed by atoms with Crippen molar-refractivity contribution in [1.82, 2.24) is 15.5 Å². The van der Waals surface area contributed by atoms with Crippen LogP contribution in [0.15, 0.2) is 39.4 Å². The number of nitrogens with zero attached hydrogens (tertiary/aromatic N) is 2. The Morgan fingerprint density at radius 1 is 1.14 bits per heavy atom. The monoisotopic (exact) mass is 486 g/mol. The molecule has 0 unspecified atom stereocenters. The normalized spacial score (nSPS) is 10.7. The Morgan fingerprint density at radius 3 is 2.66 bits per heavy atom. The summed E-state index contributed by atoms with van der Waals surface area (Å²) in [7, 11) is 0. The summed E-state index contributed by atoms with van der Waals surface area (Å²) in [5.74, 6) is 0.262. The minimum Gasteiger partial charge on any atom is -0.352 e. The third-order valence-electron chi connectivity index (χ3n) is 3.70. The lowest BCUT2D eigenvalue weighted by molar-refractivity contribution is -0.116. The van der Waals surface area contributed by atoms with E-state index in [1.165, 1.54) is 34.4 Å². The first-order valence-corrected chi connectivity index (χ1v) is 12.0. The molecule has 2 heterocycles. The third-order valence-corrected chi connectivity index (χ3v) is 7.09. The van der Waals surface area contributed by atoms with E-state index >= 15 is 0 Å². The zero-order chi connectivity index (χ0) is 20.6. The van der Waals surface area contributed by atoms with Gasteiger partial charge in [-0.15, -0.1) is 10.2 Å². The van der Waals surface area contributed by atoms with Gasteiger partial charge in [-0.05, 0) is 35.6 Å². The average Bonchev–Trinajstić information content (AvgIpc) is 3.37. The predicted octanol–water partition coefficient (Wildman–Crippen LogP) is 5.35. The SMILES string of the molecule is O=C(CCCNC(=O)c1ccsc1)Nc1nnc(SCc2c(Cl)cccc2Cl)s1. The van der Waals surface area contributed by atoms with Crippen molar-refractivity contribution in [3.8, 4) is 0 Å². The molecular formula is C18H16Cl2N4O2S3. The van der Waals surface area contributed by atoms with Crippen molar-refractivity contribution in [2.75, 3.05) is 11.9 Å². The fourth-order valence-electron chi connectivity index (χ4n) is 2.25. The lowest BCUT2D eigenvalue weighted by Gasteiger charge is -2.04. The quantitative estimate of drug-likeness (QED) is 0.242. The summed E-state index contributed by atoms with van der Waals surface area (Å²) in [6.45, 7) is 0.428. The number of nitrogens with one attached hydrogen (secondary N) is 2. The summed E-state index contributed by atoms with van der Waals surface area (Å²) in [5.41, 5.74) is 1.47. The highest BCUT2D eigenvalue weighted by atomic mass is 35.5. The molecule has 0 bridgehead atoms. The van der Waals surface area contributed by atoms with Crippen molar-refractivity contribution >= 4 is 74.6 Å². The van der Waals surface area contributed by atoms with Gasteiger partial charge >= 0.3 is 0 Å². The Kier molecular flexibility index (Phi) is 8.31. The van der Waals surface area contributed by atoms with E-state index in [1.54, 1.807) is 29.6 Å². The molecule has 152 valence electrons. The van der Waals surface area contributed by atoms with Gasteiger partial charge in [-0.25, -0.2) is 0 Å². The fraction of sp³-hybridized carbons (Fsp3) is 0.222. The molecule has 3 aromatic rings. The molecule has 0 aliphatic heterocycles. The molecule has 0 aliphatic rings. The predicted molar refractivity (Wildman–Crippen MR) is 120 cm³/mol. The molecule has 2 aromatic heterocycles. The largest absolute Gasteiger partial charge is 0.352 e. The lowest BCUT2D eigenvalue weighted by Crippen LogP contribution is -2.25. The minimum absolute atomic E-state index is 0.129. The number of hydrogen-bond acceptors (Lipinski definition) is 7. The van der Waals surface area contributed by atoms with E-state index in [1.807, 2.05) is 5.38 Å². The van der Waals surface area contributed by atoms with E-state index in [9.17, 15) is 9.59 Å². The van der Waals surface area contributed by atoms with Gasteiger partial charge in [-0.3, -0.25) is 9.59 Å². The number of carbonyl (C=O) groups is 2. The standard InChI is InChI=1S/C18H16Cl2N4O2S3/c19-13-3-1-4-14(20)12(13)10-28-18-24-23-17(29-18)22-15(25)5-2-7-21-16(26)11-6-8-27-9-11/h1,3-4,6,8-9H,2,5,7,10H2,(H,21,26)(H,22,23,25). The number of halogens is 2. The highest BCUT2D eigenvalue weighted by Crippen LogP contribution is 2.33. The van der Waals surface area contributed by atoms with E-state index in [4.69, 9.17) is 23.2 Å². The van der Waals surface area contributed by atoms with Crippen LogP contribution in [0, 0.1) is 0 Å². The molecule has 0 saturated carbocycles. The van der Waals surface area contributed by atoms with Crippen LogP contribution in [0.1, 0.15) is 28.8 Å². The number of thioether (sulfide) groups is 1. The van der Waals surface area contributed by atoms with Crippen molar-refractivity contribution < 1.29 is 9.59 Å².